The van der Waals surface area contributed by atoms with Gasteiger partial charge in [0.25, 0.3) is 11.6 Å². The largest absolute Gasteiger partial charge is 0.378 e. The smallest absolute Gasteiger partial charge is 0.293 e. The first-order valence-corrected chi connectivity index (χ1v) is 9.27. The van der Waals surface area contributed by atoms with Crippen LogP contribution in [0.2, 0.25) is 0 Å². The molecule has 14 heteroatoms. The van der Waals surface area contributed by atoms with Crippen LogP contribution in [0.15, 0.2) is 58.3 Å². The zero-order chi connectivity index (χ0) is 23.4. The maximum absolute atomic E-state index is 13.3. The first-order valence-electron chi connectivity index (χ1n) is 9.27. The van der Waals surface area contributed by atoms with Crippen molar-refractivity contribution in [2.24, 2.45) is 5.10 Å². The van der Waals surface area contributed by atoms with Gasteiger partial charge in [0.15, 0.2) is 5.69 Å². The monoisotopic (exact) mass is 451 g/mol. The number of non-ortho nitro benzene ring substituents is 1. The number of rotatable bonds is 7. The van der Waals surface area contributed by atoms with Gasteiger partial charge in [-0.1, -0.05) is 29.5 Å². The summed E-state index contributed by atoms with van der Waals surface area (Å²) in [7, 11) is 0. The Kier molecular flexibility index (Phi) is 5.79. The molecule has 33 heavy (non-hydrogen) atoms. The molecule has 0 radical (unpaired) electrons. The molecule has 2 heterocycles. The summed E-state index contributed by atoms with van der Waals surface area (Å²) in [5, 5.41) is 29.7. The number of anilines is 1. The van der Waals surface area contributed by atoms with E-state index >= 15 is 0 Å². The summed E-state index contributed by atoms with van der Waals surface area (Å²) in [4.78, 5) is 23.1. The molecule has 0 saturated heterocycles. The molecule has 3 N–H and O–H groups in total. The number of aromatic nitrogens is 5. The van der Waals surface area contributed by atoms with Crippen LogP contribution in [0.3, 0.4) is 0 Å². The predicted octanol–water partition coefficient (Wildman–Crippen LogP) is 1.63. The van der Waals surface area contributed by atoms with E-state index in [0.717, 1.165) is 0 Å². The van der Waals surface area contributed by atoms with E-state index in [1.807, 2.05) is 0 Å². The summed E-state index contributed by atoms with van der Waals surface area (Å²) < 4.78 is 19.1. The average Bonchev–Trinajstić information content (AvgIpc) is 3.40. The van der Waals surface area contributed by atoms with E-state index < -0.39 is 16.6 Å². The highest BCUT2D eigenvalue weighted by atomic mass is 19.1. The number of nitrogens with two attached hydrogens (primary N) is 1. The summed E-state index contributed by atoms with van der Waals surface area (Å²) in [6.07, 6.45) is 1.36. The third-order valence-electron chi connectivity index (χ3n) is 4.42. The van der Waals surface area contributed by atoms with Crippen molar-refractivity contribution in [1.82, 2.24) is 30.7 Å². The second kappa shape index (κ2) is 9.01. The molecule has 0 aliphatic heterocycles. The fraction of sp³-hybridized carbons (Fsp3) is 0.0526. The van der Waals surface area contributed by atoms with Crippen LogP contribution in [0, 0.1) is 15.9 Å². The number of nitro benzene ring substituents is 1. The van der Waals surface area contributed by atoms with Crippen molar-refractivity contribution in [3.63, 3.8) is 0 Å². The first-order chi connectivity index (χ1) is 15.9. The Morgan fingerprint density at radius 2 is 2.06 bits per heavy atom. The molecule has 0 atom stereocenters. The highest BCUT2D eigenvalue weighted by Crippen LogP contribution is 2.20. The molecule has 166 valence electrons. The molecule has 0 saturated carbocycles. The maximum Gasteiger partial charge on any atom is 0.293 e. The molecular weight excluding hydrogens is 437 g/mol. The summed E-state index contributed by atoms with van der Waals surface area (Å²) >= 11 is 0. The molecule has 0 bridgehead atoms. The molecule has 0 aliphatic rings. The van der Waals surface area contributed by atoms with E-state index in [1.54, 1.807) is 6.07 Å². The average molecular weight is 451 g/mol. The summed E-state index contributed by atoms with van der Waals surface area (Å²) in [6, 6.07) is 11.4. The lowest BCUT2D eigenvalue weighted by Gasteiger charge is -2.06. The number of benzene rings is 2. The number of hydrazone groups is 1. The van der Waals surface area contributed by atoms with E-state index in [1.165, 1.54) is 53.4 Å². The van der Waals surface area contributed by atoms with Gasteiger partial charge in [-0.25, -0.2) is 14.4 Å². The number of hydrogen-bond acceptors (Lipinski definition) is 10. The lowest BCUT2D eigenvalue weighted by Crippen LogP contribution is -2.20. The van der Waals surface area contributed by atoms with Gasteiger partial charge in [-0.2, -0.15) is 9.78 Å². The predicted molar refractivity (Wildman–Crippen MR) is 111 cm³/mol. The van der Waals surface area contributed by atoms with E-state index in [4.69, 9.17) is 5.73 Å². The van der Waals surface area contributed by atoms with Crippen LogP contribution in [-0.2, 0) is 6.42 Å². The minimum absolute atomic E-state index is 0.0155. The second-order valence-electron chi connectivity index (χ2n) is 6.62. The summed E-state index contributed by atoms with van der Waals surface area (Å²) in [6.45, 7) is 0. The zero-order valence-electron chi connectivity index (χ0n) is 16.6. The highest BCUT2D eigenvalue weighted by Gasteiger charge is 2.24. The van der Waals surface area contributed by atoms with Gasteiger partial charge in [-0.15, -0.1) is 5.10 Å². The third-order valence-corrected chi connectivity index (χ3v) is 4.42. The van der Waals surface area contributed by atoms with Crippen molar-refractivity contribution in [3.8, 4) is 5.82 Å². The molecule has 1 amide bonds. The van der Waals surface area contributed by atoms with Gasteiger partial charge in [-0.3, -0.25) is 14.9 Å². The van der Waals surface area contributed by atoms with Crippen molar-refractivity contribution < 1.29 is 18.7 Å². The number of nitrogens with zero attached hydrogens (tertiary/aromatic N) is 7. The lowest BCUT2D eigenvalue weighted by molar-refractivity contribution is -0.384. The number of nitrogens with one attached hydrogen (secondary N) is 1. The molecule has 13 nitrogen and oxygen atoms in total. The quantitative estimate of drug-likeness (QED) is 0.240. The molecule has 2 aromatic carbocycles. The fourth-order valence-electron chi connectivity index (χ4n) is 2.88. The van der Waals surface area contributed by atoms with E-state index in [2.05, 4.69) is 35.8 Å². The molecule has 0 aliphatic carbocycles. The Morgan fingerprint density at radius 3 is 2.73 bits per heavy atom. The molecule has 2 aromatic heterocycles. The minimum Gasteiger partial charge on any atom is -0.378 e. The number of halogens is 1. The minimum atomic E-state index is -0.708. The van der Waals surface area contributed by atoms with Crippen LogP contribution in [0.1, 0.15) is 27.3 Å². The van der Waals surface area contributed by atoms with Crippen LogP contribution in [0.4, 0.5) is 15.9 Å². The van der Waals surface area contributed by atoms with Crippen molar-refractivity contribution in [3.05, 3.63) is 87.0 Å². The summed E-state index contributed by atoms with van der Waals surface area (Å²) in [5.74, 6) is -1.22. The van der Waals surface area contributed by atoms with Crippen LogP contribution in [-0.4, -0.2) is 42.4 Å². The Labute approximate surface area is 183 Å². The Balaban J connectivity index is 1.63. The van der Waals surface area contributed by atoms with Crippen LogP contribution >= 0.6 is 0 Å². The number of amides is 1. The number of carbonyl (C=O) groups is 1. The number of nitrogen functional groups attached to an aromatic ring is 1. The topological polar surface area (TPSA) is 180 Å². The van der Waals surface area contributed by atoms with Gasteiger partial charge in [0.2, 0.25) is 11.6 Å². The van der Waals surface area contributed by atoms with E-state index in [-0.39, 0.29) is 35.1 Å². The van der Waals surface area contributed by atoms with Gasteiger partial charge in [0.1, 0.15) is 5.82 Å². The normalized spacial score (nSPS) is 11.1. The van der Waals surface area contributed by atoms with Crippen molar-refractivity contribution in [2.75, 3.05) is 5.73 Å². The Bertz CT molecular complexity index is 1350. The highest BCUT2D eigenvalue weighted by molar-refractivity contribution is 5.94. The van der Waals surface area contributed by atoms with Crippen molar-refractivity contribution in [2.45, 2.75) is 6.42 Å². The molecule has 4 aromatic rings. The SMILES string of the molecule is Nc1nonc1-n1nnc(C(=O)N/N=C/c2cccc(F)c2)c1Cc1ccc([N+](=O)[O-])cc1. The molecule has 0 unspecified atom stereocenters. The Morgan fingerprint density at radius 1 is 1.27 bits per heavy atom. The molecular formula is C19H14FN9O4. The number of carbonyl (C=O) groups excluding carboxylic acids is 1. The number of nitro groups is 1. The van der Waals surface area contributed by atoms with E-state index in [9.17, 15) is 19.3 Å². The fourth-order valence-corrected chi connectivity index (χ4v) is 2.88. The lowest BCUT2D eigenvalue weighted by atomic mass is 10.1. The van der Waals surface area contributed by atoms with Crippen molar-refractivity contribution in [1.29, 1.82) is 0 Å². The van der Waals surface area contributed by atoms with E-state index in [0.29, 0.717) is 11.1 Å². The zero-order valence-corrected chi connectivity index (χ0v) is 16.6. The van der Waals surface area contributed by atoms with Gasteiger partial charge in [0.05, 0.1) is 16.8 Å². The Hall–Kier alpha value is -5.01. The van der Waals surface area contributed by atoms with Crippen LogP contribution in [0.5, 0.6) is 0 Å². The van der Waals surface area contributed by atoms with Gasteiger partial charge in [-0.05, 0) is 33.6 Å². The maximum atomic E-state index is 13.3. The van der Waals surface area contributed by atoms with Crippen molar-refractivity contribution >= 4 is 23.6 Å². The third kappa shape index (κ3) is 4.68. The number of hydrogen-bond donors (Lipinski definition) is 2. The summed E-state index contributed by atoms with van der Waals surface area (Å²) in [5.41, 5.74) is 9.17. The standard InChI is InChI=1S/C19H14FN9O4/c20-13-3-1-2-12(8-13)10-22-24-19(30)16-15(9-11-4-6-14(7-5-11)29(31)32)28(27-23-16)18-17(21)25-33-26-18/h1-8,10H,9H2,(H2,21,25)(H,24,30)/b22-10+. The molecule has 4 rings (SSSR count). The van der Waals surface area contributed by atoms with Gasteiger partial charge >= 0.3 is 0 Å². The van der Waals surface area contributed by atoms with Crippen LogP contribution < -0.4 is 11.2 Å². The van der Waals surface area contributed by atoms with Gasteiger partial charge < -0.3 is 5.73 Å². The molecule has 0 fully saturated rings. The first kappa shape index (κ1) is 21.2. The molecule has 0 spiro atoms. The van der Waals surface area contributed by atoms with Crippen LogP contribution in [0.25, 0.3) is 5.82 Å². The second-order valence-corrected chi connectivity index (χ2v) is 6.62. The van der Waals surface area contributed by atoms with Gasteiger partial charge in [0, 0.05) is 18.6 Å².